The van der Waals surface area contributed by atoms with Crippen LogP contribution in [0.2, 0.25) is 0 Å². The molecule has 0 aliphatic carbocycles. The Morgan fingerprint density at radius 1 is 1.35 bits per heavy atom. The minimum Gasteiger partial charge on any atom is -0.497 e. The molecule has 1 aliphatic rings. The summed E-state index contributed by atoms with van der Waals surface area (Å²) in [5.41, 5.74) is 0.573. The van der Waals surface area contributed by atoms with Gasteiger partial charge in [0.15, 0.2) is 0 Å². The number of ether oxygens (including phenoxy) is 2. The number of hydrogen-bond donors (Lipinski definition) is 2. The molecule has 0 bridgehead atoms. The van der Waals surface area contributed by atoms with Crippen molar-refractivity contribution in [2.45, 2.75) is 12.8 Å². The van der Waals surface area contributed by atoms with Gasteiger partial charge in [0.05, 0.1) is 19.9 Å². The Morgan fingerprint density at radius 3 is 2.80 bits per heavy atom. The first-order chi connectivity index (χ1) is 9.63. The van der Waals surface area contributed by atoms with Crippen LogP contribution in [0.25, 0.3) is 0 Å². The highest BCUT2D eigenvalue weighted by atomic mass is 16.5. The summed E-state index contributed by atoms with van der Waals surface area (Å²) in [6.45, 7) is 0.538. The largest absolute Gasteiger partial charge is 0.497 e. The average molecular weight is 278 g/mol. The molecule has 2 rings (SSSR count). The first-order valence-corrected chi connectivity index (χ1v) is 6.43. The van der Waals surface area contributed by atoms with Crippen molar-refractivity contribution in [3.8, 4) is 11.5 Å². The Bertz CT molecular complexity index is 516. The minimum atomic E-state index is -0.296. The van der Waals surface area contributed by atoms with Gasteiger partial charge in [-0.15, -0.1) is 0 Å². The standard InChI is InChI=1S/C14H18N2O4/c1-19-10-3-4-11(12(8-10)20-2)16-14(18)9-5-6-15-13(17)7-9/h3-4,8-9H,5-7H2,1-2H3,(H,15,17)(H,16,18). The Balaban J connectivity index is 2.09. The van der Waals surface area contributed by atoms with Gasteiger partial charge in [0, 0.05) is 24.9 Å². The van der Waals surface area contributed by atoms with Crippen LogP contribution in [0.3, 0.4) is 0 Å². The van der Waals surface area contributed by atoms with E-state index < -0.39 is 0 Å². The van der Waals surface area contributed by atoms with E-state index >= 15 is 0 Å². The molecular formula is C14H18N2O4. The number of benzene rings is 1. The predicted octanol–water partition coefficient (Wildman–Crippen LogP) is 1.17. The lowest BCUT2D eigenvalue weighted by molar-refractivity contribution is -0.129. The third-order valence-corrected chi connectivity index (χ3v) is 3.28. The third kappa shape index (κ3) is 3.20. The van der Waals surface area contributed by atoms with Gasteiger partial charge >= 0.3 is 0 Å². The van der Waals surface area contributed by atoms with E-state index in [4.69, 9.17) is 9.47 Å². The molecule has 1 fully saturated rings. The average Bonchev–Trinajstić information content (AvgIpc) is 2.47. The summed E-state index contributed by atoms with van der Waals surface area (Å²) in [6, 6.07) is 5.16. The first kappa shape index (κ1) is 14.2. The van der Waals surface area contributed by atoms with Gasteiger partial charge < -0.3 is 20.1 Å². The van der Waals surface area contributed by atoms with Crippen LogP contribution in [-0.2, 0) is 9.59 Å². The fraction of sp³-hybridized carbons (Fsp3) is 0.429. The van der Waals surface area contributed by atoms with Gasteiger partial charge in [-0.1, -0.05) is 0 Å². The Hall–Kier alpha value is -2.24. The van der Waals surface area contributed by atoms with Crippen molar-refractivity contribution in [2.75, 3.05) is 26.1 Å². The molecule has 20 heavy (non-hydrogen) atoms. The monoisotopic (exact) mass is 278 g/mol. The lowest BCUT2D eigenvalue weighted by atomic mass is 9.96. The van der Waals surface area contributed by atoms with Crippen molar-refractivity contribution in [1.29, 1.82) is 0 Å². The molecule has 108 valence electrons. The van der Waals surface area contributed by atoms with Crippen LogP contribution >= 0.6 is 0 Å². The summed E-state index contributed by atoms with van der Waals surface area (Å²) in [4.78, 5) is 23.5. The maximum absolute atomic E-state index is 12.2. The van der Waals surface area contributed by atoms with Crippen LogP contribution < -0.4 is 20.1 Å². The third-order valence-electron chi connectivity index (χ3n) is 3.28. The van der Waals surface area contributed by atoms with E-state index in [-0.39, 0.29) is 24.2 Å². The summed E-state index contributed by atoms with van der Waals surface area (Å²) in [6.07, 6.45) is 0.875. The molecule has 1 heterocycles. The summed E-state index contributed by atoms with van der Waals surface area (Å²) in [5.74, 6) is 0.631. The summed E-state index contributed by atoms with van der Waals surface area (Å²) in [5, 5.41) is 5.51. The Morgan fingerprint density at radius 2 is 2.15 bits per heavy atom. The number of carbonyl (C=O) groups excluding carboxylic acids is 2. The molecule has 0 saturated carbocycles. The number of anilines is 1. The molecule has 2 N–H and O–H groups in total. The Kier molecular flexibility index (Phi) is 4.45. The number of amides is 2. The molecule has 1 unspecified atom stereocenters. The van der Waals surface area contributed by atoms with E-state index in [2.05, 4.69) is 10.6 Å². The number of nitrogens with one attached hydrogen (secondary N) is 2. The highest BCUT2D eigenvalue weighted by Crippen LogP contribution is 2.29. The predicted molar refractivity (Wildman–Crippen MR) is 73.9 cm³/mol. The quantitative estimate of drug-likeness (QED) is 0.866. The van der Waals surface area contributed by atoms with Crippen LogP contribution in [0, 0.1) is 5.92 Å². The highest BCUT2D eigenvalue weighted by molar-refractivity contribution is 5.96. The molecule has 0 radical (unpaired) electrons. The molecule has 1 saturated heterocycles. The summed E-state index contributed by atoms with van der Waals surface area (Å²) in [7, 11) is 3.09. The lowest BCUT2D eigenvalue weighted by Crippen LogP contribution is -2.38. The maximum atomic E-state index is 12.2. The first-order valence-electron chi connectivity index (χ1n) is 6.43. The molecule has 1 aromatic carbocycles. The Labute approximate surface area is 117 Å². The van der Waals surface area contributed by atoms with Crippen molar-refractivity contribution in [3.63, 3.8) is 0 Å². The fourth-order valence-electron chi connectivity index (χ4n) is 2.14. The molecule has 1 atom stereocenters. The topological polar surface area (TPSA) is 76.7 Å². The summed E-state index contributed by atoms with van der Waals surface area (Å²) < 4.78 is 10.3. The molecule has 0 aromatic heterocycles. The number of carbonyl (C=O) groups is 2. The zero-order valence-electron chi connectivity index (χ0n) is 11.6. The second kappa shape index (κ2) is 6.27. The minimum absolute atomic E-state index is 0.0851. The number of hydrogen-bond acceptors (Lipinski definition) is 4. The van der Waals surface area contributed by atoms with Crippen LogP contribution in [0.1, 0.15) is 12.8 Å². The maximum Gasteiger partial charge on any atom is 0.228 e. The van der Waals surface area contributed by atoms with Gasteiger partial charge in [0.2, 0.25) is 11.8 Å². The van der Waals surface area contributed by atoms with E-state index in [1.807, 2.05) is 0 Å². The van der Waals surface area contributed by atoms with E-state index in [0.717, 1.165) is 0 Å². The molecule has 1 aromatic rings. The van der Waals surface area contributed by atoms with Crippen LogP contribution in [0.5, 0.6) is 11.5 Å². The van der Waals surface area contributed by atoms with E-state index in [1.54, 1.807) is 25.3 Å². The van der Waals surface area contributed by atoms with Crippen molar-refractivity contribution < 1.29 is 19.1 Å². The number of piperidine rings is 1. The van der Waals surface area contributed by atoms with Gasteiger partial charge in [0.25, 0.3) is 0 Å². The van der Waals surface area contributed by atoms with Crippen LogP contribution in [-0.4, -0.2) is 32.6 Å². The molecule has 2 amide bonds. The van der Waals surface area contributed by atoms with Gasteiger partial charge in [-0.25, -0.2) is 0 Å². The van der Waals surface area contributed by atoms with E-state index in [1.165, 1.54) is 7.11 Å². The number of methoxy groups -OCH3 is 2. The van der Waals surface area contributed by atoms with E-state index in [9.17, 15) is 9.59 Å². The second-order valence-corrected chi connectivity index (χ2v) is 4.60. The zero-order valence-corrected chi connectivity index (χ0v) is 11.6. The second-order valence-electron chi connectivity index (χ2n) is 4.60. The van der Waals surface area contributed by atoms with Crippen molar-refractivity contribution in [3.05, 3.63) is 18.2 Å². The zero-order chi connectivity index (χ0) is 14.5. The normalized spacial score (nSPS) is 18.1. The molecule has 6 heteroatoms. The van der Waals surface area contributed by atoms with Gasteiger partial charge in [-0.05, 0) is 18.6 Å². The van der Waals surface area contributed by atoms with Crippen LogP contribution in [0.15, 0.2) is 18.2 Å². The van der Waals surface area contributed by atoms with Crippen molar-refractivity contribution in [1.82, 2.24) is 5.32 Å². The highest BCUT2D eigenvalue weighted by Gasteiger charge is 2.26. The van der Waals surface area contributed by atoms with Crippen LogP contribution in [0.4, 0.5) is 5.69 Å². The molecule has 1 aliphatic heterocycles. The van der Waals surface area contributed by atoms with E-state index in [0.29, 0.717) is 30.2 Å². The lowest BCUT2D eigenvalue weighted by Gasteiger charge is -2.21. The fourth-order valence-corrected chi connectivity index (χ4v) is 2.14. The van der Waals surface area contributed by atoms with Crippen molar-refractivity contribution in [2.24, 2.45) is 5.92 Å². The van der Waals surface area contributed by atoms with Gasteiger partial charge in [0.1, 0.15) is 11.5 Å². The summed E-state index contributed by atoms with van der Waals surface area (Å²) >= 11 is 0. The SMILES string of the molecule is COc1ccc(NC(=O)C2CCNC(=O)C2)c(OC)c1. The van der Waals surface area contributed by atoms with Gasteiger partial charge in [-0.2, -0.15) is 0 Å². The number of rotatable bonds is 4. The van der Waals surface area contributed by atoms with Gasteiger partial charge in [-0.3, -0.25) is 9.59 Å². The molecular weight excluding hydrogens is 260 g/mol. The smallest absolute Gasteiger partial charge is 0.228 e. The molecule has 0 spiro atoms. The molecule has 6 nitrogen and oxygen atoms in total. The van der Waals surface area contributed by atoms with Crippen molar-refractivity contribution >= 4 is 17.5 Å².